The van der Waals surface area contributed by atoms with E-state index in [-0.39, 0.29) is 17.7 Å². The lowest BCUT2D eigenvalue weighted by molar-refractivity contribution is -0.128. The normalized spacial score (nSPS) is 21.7. The van der Waals surface area contributed by atoms with Crippen molar-refractivity contribution in [3.05, 3.63) is 65.2 Å². The molecule has 1 saturated carbocycles. The van der Waals surface area contributed by atoms with E-state index in [1.165, 1.54) is 11.1 Å². The molecule has 0 bridgehead atoms. The Kier molecular flexibility index (Phi) is 4.49. The van der Waals surface area contributed by atoms with Gasteiger partial charge in [0, 0.05) is 31.1 Å². The van der Waals surface area contributed by atoms with Crippen LogP contribution in [-0.4, -0.2) is 23.3 Å². The van der Waals surface area contributed by atoms with Crippen molar-refractivity contribution in [2.24, 2.45) is 5.92 Å². The van der Waals surface area contributed by atoms with Crippen LogP contribution >= 0.6 is 0 Å². The minimum Gasteiger partial charge on any atom is -0.338 e. The molecule has 0 aromatic heterocycles. The summed E-state index contributed by atoms with van der Waals surface area (Å²) in [7, 11) is 0. The number of hydrogen-bond acceptors (Lipinski definition) is 2. The molecule has 0 radical (unpaired) electrons. The van der Waals surface area contributed by atoms with Gasteiger partial charge in [-0.3, -0.25) is 9.59 Å². The molecular weight excluding hydrogens is 324 g/mol. The second-order valence-electron chi connectivity index (χ2n) is 7.47. The van der Waals surface area contributed by atoms with Gasteiger partial charge in [-0.15, -0.1) is 0 Å². The molecule has 2 fully saturated rings. The van der Waals surface area contributed by atoms with Gasteiger partial charge in [-0.25, -0.2) is 0 Å². The molecule has 0 unspecified atom stereocenters. The van der Waals surface area contributed by atoms with Crippen LogP contribution < -0.4 is 5.32 Å². The van der Waals surface area contributed by atoms with Crippen molar-refractivity contribution in [1.29, 1.82) is 0 Å². The first-order chi connectivity index (χ1) is 12.6. The van der Waals surface area contributed by atoms with Gasteiger partial charge in [0.15, 0.2) is 0 Å². The zero-order chi connectivity index (χ0) is 18.1. The van der Waals surface area contributed by atoms with E-state index in [1.807, 2.05) is 29.2 Å². The Morgan fingerprint density at radius 1 is 1.19 bits per heavy atom. The highest BCUT2D eigenvalue weighted by Crippen LogP contribution is 2.48. The second kappa shape index (κ2) is 6.94. The quantitative estimate of drug-likeness (QED) is 0.892. The highest BCUT2D eigenvalue weighted by atomic mass is 16.2. The van der Waals surface area contributed by atoms with Gasteiger partial charge in [0.1, 0.15) is 0 Å². The third-order valence-corrected chi connectivity index (χ3v) is 5.34. The van der Waals surface area contributed by atoms with Gasteiger partial charge >= 0.3 is 0 Å². The first-order valence-electron chi connectivity index (χ1n) is 9.34. The number of carbonyl (C=O) groups excluding carboxylic acids is 2. The number of aryl methyl sites for hydroxylation is 1. The summed E-state index contributed by atoms with van der Waals surface area (Å²) in [6.07, 6.45) is 2.51. The molecule has 1 aliphatic heterocycles. The number of nitrogens with one attached hydrogen (secondary N) is 1. The van der Waals surface area contributed by atoms with Gasteiger partial charge in [0.05, 0.1) is 0 Å². The van der Waals surface area contributed by atoms with E-state index in [4.69, 9.17) is 0 Å². The number of rotatable bonds is 5. The van der Waals surface area contributed by atoms with E-state index >= 15 is 0 Å². The molecule has 2 aliphatic rings. The lowest BCUT2D eigenvalue weighted by atomic mass is 10.1. The summed E-state index contributed by atoms with van der Waals surface area (Å²) < 4.78 is 0. The van der Waals surface area contributed by atoms with Crippen LogP contribution in [0.25, 0.3) is 0 Å². The third kappa shape index (κ3) is 3.64. The molecule has 2 aromatic rings. The predicted molar refractivity (Wildman–Crippen MR) is 102 cm³/mol. The van der Waals surface area contributed by atoms with E-state index in [1.54, 1.807) is 0 Å². The molecule has 1 aliphatic carbocycles. The Hall–Kier alpha value is -2.62. The molecular formula is C22H24N2O2. The zero-order valence-electron chi connectivity index (χ0n) is 15.1. The molecule has 4 nitrogen and oxygen atoms in total. The van der Waals surface area contributed by atoms with Crippen molar-refractivity contribution < 1.29 is 9.59 Å². The van der Waals surface area contributed by atoms with Gasteiger partial charge in [-0.2, -0.15) is 0 Å². The molecule has 134 valence electrons. The van der Waals surface area contributed by atoms with E-state index in [9.17, 15) is 9.59 Å². The number of likely N-dealkylation sites (tertiary alicyclic amines) is 1. The van der Waals surface area contributed by atoms with Crippen LogP contribution in [0.1, 0.15) is 41.9 Å². The number of hydrogen-bond donors (Lipinski definition) is 1. The van der Waals surface area contributed by atoms with Crippen LogP contribution in [0, 0.1) is 12.8 Å². The summed E-state index contributed by atoms with van der Waals surface area (Å²) in [6.45, 7) is 3.53. The van der Waals surface area contributed by atoms with Crippen LogP contribution in [0.5, 0.6) is 0 Å². The molecule has 1 N–H and O–H groups in total. The SMILES string of the molecule is Cc1cccc([C@H]2C[C@@H]2C(=O)Nc2cccc(CN3CCCC3=O)c2)c1. The fourth-order valence-electron chi connectivity index (χ4n) is 3.83. The Balaban J connectivity index is 1.38. The molecule has 1 saturated heterocycles. The average molecular weight is 348 g/mol. The maximum Gasteiger partial charge on any atom is 0.228 e. The van der Waals surface area contributed by atoms with Crippen molar-refractivity contribution in [3.63, 3.8) is 0 Å². The van der Waals surface area contributed by atoms with Crippen molar-refractivity contribution in [3.8, 4) is 0 Å². The number of anilines is 1. The van der Waals surface area contributed by atoms with Crippen LogP contribution in [0.4, 0.5) is 5.69 Å². The first kappa shape index (κ1) is 16.8. The van der Waals surface area contributed by atoms with Crippen LogP contribution in [0.15, 0.2) is 48.5 Å². The minimum absolute atomic E-state index is 0.0561. The smallest absolute Gasteiger partial charge is 0.228 e. The number of carbonyl (C=O) groups is 2. The van der Waals surface area contributed by atoms with Crippen molar-refractivity contribution in [2.45, 2.75) is 38.6 Å². The molecule has 0 spiro atoms. The summed E-state index contributed by atoms with van der Waals surface area (Å²) in [5.74, 6) is 0.699. The summed E-state index contributed by atoms with van der Waals surface area (Å²) in [4.78, 5) is 26.3. The van der Waals surface area contributed by atoms with E-state index < -0.39 is 0 Å². The van der Waals surface area contributed by atoms with Gasteiger partial charge in [0.2, 0.25) is 11.8 Å². The lowest BCUT2D eigenvalue weighted by Gasteiger charge is -2.16. The summed E-state index contributed by atoms with van der Waals surface area (Å²) >= 11 is 0. The van der Waals surface area contributed by atoms with Gasteiger partial charge in [-0.1, -0.05) is 42.0 Å². The topological polar surface area (TPSA) is 49.4 Å². The number of nitrogens with zero attached hydrogens (tertiary/aromatic N) is 1. The molecule has 1 heterocycles. The van der Waals surface area contributed by atoms with Crippen LogP contribution in [-0.2, 0) is 16.1 Å². The average Bonchev–Trinajstić information content (AvgIpc) is 3.33. The van der Waals surface area contributed by atoms with Crippen molar-refractivity contribution in [1.82, 2.24) is 4.90 Å². The molecule has 2 amide bonds. The monoisotopic (exact) mass is 348 g/mol. The lowest BCUT2D eigenvalue weighted by Crippen LogP contribution is -2.23. The van der Waals surface area contributed by atoms with Gasteiger partial charge in [0.25, 0.3) is 0 Å². The molecule has 26 heavy (non-hydrogen) atoms. The van der Waals surface area contributed by atoms with Crippen LogP contribution in [0.2, 0.25) is 0 Å². The fourth-order valence-corrected chi connectivity index (χ4v) is 3.83. The van der Waals surface area contributed by atoms with Crippen molar-refractivity contribution >= 4 is 17.5 Å². The Labute approximate surface area is 154 Å². The Morgan fingerprint density at radius 3 is 2.81 bits per heavy atom. The van der Waals surface area contributed by atoms with Gasteiger partial charge in [-0.05, 0) is 48.9 Å². The van der Waals surface area contributed by atoms with E-state index in [2.05, 4.69) is 36.5 Å². The maximum absolute atomic E-state index is 12.6. The highest BCUT2D eigenvalue weighted by Gasteiger charge is 2.43. The molecule has 2 atom stereocenters. The second-order valence-corrected chi connectivity index (χ2v) is 7.47. The molecule has 4 heteroatoms. The number of benzene rings is 2. The minimum atomic E-state index is 0.0561. The first-order valence-corrected chi connectivity index (χ1v) is 9.34. The summed E-state index contributed by atoms with van der Waals surface area (Å²) in [6, 6.07) is 16.3. The van der Waals surface area contributed by atoms with Crippen molar-refractivity contribution in [2.75, 3.05) is 11.9 Å². The summed E-state index contributed by atoms with van der Waals surface area (Å²) in [5.41, 5.74) is 4.36. The van der Waals surface area contributed by atoms with Crippen LogP contribution in [0.3, 0.4) is 0 Å². The summed E-state index contributed by atoms with van der Waals surface area (Å²) in [5, 5.41) is 3.05. The Morgan fingerprint density at radius 2 is 2.04 bits per heavy atom. The largest absolute Gasteiger partial charge is 0.338 e. The fraction of sp³-hybridized carbons (Fsp3) is 0.364. The number of amides is 2. The van der Waals surface area contributed by atoms with Gasteiger partial charge < -0.3 is 10.2 Å². The Bertz CT molecular complexity index is 846. The van der Waals surface area contributed by atoms with E-state index in [0.717, 1.165) is 30.6 Å². The molecule has 2 aromatic carbocycles. The zero-order valence-corrected chi connectivity index (χ0v) is 15.1. The maximum atomic E-state index is 12.6. The third-order valence-electron chi connectivity index (χ3n) is 5.34. The standard InChI is InChI=1S/C22H24N2O2/c1-15-5-2-7-17(11-15)19-13-20(19)22(26)23-18-8-3-6-16(12-18)14-24-10-4-9-21(24)25/h2-3,5-8,11-12,19-20H,4,9-10,13-14H2,1H3,(H,23,26)/t19-,20+/m1/s1. The highest BCUT2D eigenvalue weighted by molar-refractivity contribution is 5.95. The van der Waals surface area contributed by atoms with E-state index in [0.29, 0.717) is 18.9 Å². The molecule has 4 rings (SSSR count). The predicted octanol–water partition coefficient (Wildman–Crippen LogP) is 3.86.